The van der Waals surface area contributed by atoms with E-state index in [-0.39, 0.29) is 35.5 Å². The maximum Gasteiger partial charge on any atom is 0.332 e. The first-order chi connectivity index (χ1) is 15.0. The largest absolute Gasteiger partial charge is 0.332 e. The Bertz CT molecular complexity index is 1100. The molecule has 31 heavy (non-hydrogen) atoms. The number of allylic oxidation sites excluding steroid dienone is 1. The van der Waals surface area contributed by atoms with E-state index >= 15 is 0 Å². The first kappa shape index (κ1) is 19.8. The van der Waals surface area contributed by atoms with Crippen molar-refractivity contribution < 1.29 is 14.5 Å². The molecule has 2 aliphatic heterocycles. The maximum atomic E-state index is 13.6. The number of nitro groups is 1. The molecule has 1 saturated heterocycles. The van der Waals surface area contributed by atoms with Crippen molar-refractivity contribution in [2.24, 2.45) is 5.92 Å². The second kappa shape index (κ2) is 7.85. The van der Waals surface area contributed by atoms with Gasteiger partial charge >= 0.3 is 6.03 Å². The number of carbonyl (C=O) groups excluding carboxylic acids is 2. The molecule has 7 nitrogen and oxygen atoms in total. The first-order valence-corrected chi connectivity index (χ1v) is 11.2. The number of hydrogen-bond donors (Lipinski definition) is 0. The molecular weight excluding hydrogens is 414 g/mol. The predicted octanol–water partition coefficient (Wildman–Crippen LogP) is 5.08. The van der Waals surface area contributed by atoms with Crippen molar-refractivity contribution in [3.63, 3.8) is 0 Å². The number of nitrogens with zero attached hydrogens (tertiary/aromatic N) is 3. The average Bonchev–Trinajstić information content (AvgIpc) is 3.17. The van der Waals surface area contributed by atoms with Gasteiger partial charge in [-0.1, -0.05) is 30.3 Å². The summed E-state index contributed by atoms with van der Waals surface area (Å²) in [6.07, 6.45) is 3.99. The number of nitro benzene ring substituents is 1. The van der Waals surface area contributed by atoms with Crippen LogP contribution in [0.3, 0.4) is 0 Å². The molecule has 0 spiro atoms. The molecule has 158 valence electrons. The third kappa shape index (κ3) is 3.40. The van der Waals surface area contributed by atoms with E-state index in [0.29, 0.717) is 11.3 Å². The molecule has 2 unspecified atom stereocenters. The van der Waals surface area contributed by atoms with Gasteiger partial charge in [-0.05, 0) is 53.9 Å². The van der Waals surface area contributed by atoms with E-state index in [9.17, 15) is 19.7 Å². The van der Waals surface area contributed by atoms with Gasteiger partial charge in [0.05, 0.1) is 21.9 Å². The van der Waals surface area contributed by atoms with Gasteiger partial charge in [0.15, 0.2) is 0 Å². The van der Waals surface area contributed by atoms with Gasteiger partial charge in [-0.2, -0.15) is 0 Å². The minimum Gasteiger partial charge on any atom is -0.306 e. The molecule has 2 atom stereocenters. The van der Waals surface area contributed by atoms with Crippen LogP contribution in [0.15, 0.2) is 65.1 Å². The topological polar surface area (TPSA) is 83.8 Å². The number of anilines is 1. The number of carbonyl (C=O) groups is 2. The smallest absolute Gasteiger partial charge is 0.306 e. The Kier molecular flexibility index (Phi) is 5.02. The van der Waals surface area contributed by atoms with Crippen LogP contribution in [0.5, 0.6) is 0 Å². The van der Waals surface area contributed by atoms with Gasteiger partial charge in [0, 0.05) is 18.7 Å². The molecular formula is C23H21N3O4S. The van der Waals surface area contributed by atoms with Gasteiger partial charge < -0.3 is 4.90 Å². The van der Waals surface area contributed by atoms with Gasteiger partial charge in [0.2, 0.25) is 5.91 Å². The molecule has 0 aromatic heterocycles. The number of benzene rings is 2. The van der Waals surface area contributed by atoms with Crippen LogP contribution in [0, 0.1) is 16.0 Å². The van der Waals surface area contributed by atoms with Crippen LogP contribution >= 0.6 is 11.8 Å². The summed E-state index contributed by atoms with van der Waals surface area (Å²) < 4.78 is 0. The summed E-state index contributed by atoms with van der Waals surface area (Å²) in [7, 11) is 0. The number of para-hydroxylation sites is 1. The minimum atomic E-state index is -0.436. The quantitative estimate of drug-likeness (QED) is 0.494. The van der Waals surface area contributed by atoms with Crippen molar-refractivity contribution in [3.05, 3.63) is 80.8 Å². The molecule has 3 aliphatic rings. The van der Waals surface area contributed by atoms with Gasteiger partial charge in [-0.15, -0.1) is 11.8 Å². The molecule has 2 aromatic rings. The first-order valence-electron chi connectivity index (χ1n) is 10.4. The summed E-state index contributed by atoms with van der Waals surface area (Å²) in [6, 6.07) is 15.0. The highest BCUT2D eigenvalue weighted by molar-refractivity contribution is 8.04. The molecule has 0 radical (unpaired) electrons. The molecule has 0 saturated carbocycles. The number of fused-ring (bicyclic) bond motifs is 2. The van der Waals surface area contributed by atoms with Crippen LogP contribution in [0.4, 0.5) is 16.2 Å². The van der Waals surface area contributed by atoms with E-state index in [2.05, 4.69) is 0 Å². The van der Waals surface area contributed by atoms with Crippen LogP contribution in [0.25, 0.3) is 0 Å². The Balaban J connectivity index is 1.55. The summed E-state index contributed by atoms with van der Waals surface area (Å²) in [4.78, 5) is 42.1. The SMILES string of the molecule is O=C1C2C3=C(CCCC3)SC2N(Cc2cccc([N+](=O)[O-])c2)C(=O)N1c1ccccc1. The zero-order chi connectivity index (χ0) is 21.5. The number of hydrogen-bond acceptors (Lipinski definition) is 5. The van der Waals surface area contributed by atoms with Crippen molar-refractivity contribution in [3.8, 4) is 0 Å². The fourth-order valence-corrected chi connectivity index (χ4v) is 6.32. The molecule has 0 N–H and O–H groups in total. The molecule has 3 amide bonds. The highest BCUT2D eigenvalue weighted by atomic mass is 32.2. The number of non-ortho nitro benzene ring substituents is 1. The van der Waals surface area contributed by atoms with E-state index in [1.165, 1.54) is 27.5 Å². The van der Waals surface area contributed by atoms with E-state index in [1.54, 1.807) is 40.9 Å². The van der Waals surface area contributed by atoms with Crippen LogP contribution in [-0.2, 0) is 11.3 Å². The van der Waals surface area contributed by atoms with Crippen LogP contribution in [0.2, 0.25) is 0 Å². The lowest BCUT2D eigenvalue weighted by Crippen LogP contribution is -2.60. The second-order valence-electron chi connectivity index (χ2n) is 7.99. The van der Waals surface area contributed by atoms with E-state index in [0.717, 1.165) is 25.7 Å². The van der Waals surface area contributed by atoms with Gasteiger partial charge in [0.25, 0.3) is 5.69 Å². The summed E-state index contributed by atoms with van der Waals surface area (Å²) in [5, 5.41) is 10.9. The Labute approximate surface area is 183 Å². The average molecular weight is 436 g/mol. The number of amides is 3. The number of imide groups is 1. The number of rotatable bonds is 4. The molecule has 5 rings (SSSR count). The third-order valence-corrected chi connectivity index (χ3v) is 7.62. The van der Waals surface area contributed by atoms with Crippen LogP contribution in [0.1, 0.15) is 31.2 Å². The third-order valence-electron chi connectivity index (χ3n) is 6.10. The fourth-order valence-electron chi connectivity index (χ4n) is 4.67. The van der Waals surface area contributed by atoms with Crippen molar-refractivity contribution in [2.45, 2.75) is 37.6 Å². The molecule has 2 aromatic carbocycles. The predicted molar refractivity (Wildman–Crippen MR) is 118 cm³/mol. The Morgan fingerprint density at radius 3 is 2.58 bits per heavy atom. The molecule has 2 heterocycles. The maximum absolute atomic E-state index is 13.6. The van der Waals surface area contributed by atoms with Crippen molar-refractivity contribution in [2.75, 3.05) is 4.90 Å². The summed E-state index contributed by atoms with van der Waals surface area (Å²) >= 11 is 1.62. The van der Waals surface area contributed by atoms with Crippen molar-refractivity contribution in [1.29, 1.82) is 0 Å². The second-order valence-corrected chi connectivity index (χ2v) is 9.20. The lowest BCUT2D eigenvalue weighted by Gasteiger charge is -2.42. The molecule has 1 aliphatic carbocycles. The zero-order valence-electron chi connectivity index (χ0n) is 16.8. The standard InChI is InChI=1S/C23H21N3O4S/c27-21-20-18-11-4-5-12-19(18)31-22(20)24(14-15-7-6-10-17(13-15)26(29)30)23(28)25(21)16-8-2-1-3-9-16/h1-3,6-10,13,20,22H,4-5,11-12,14H2. The van der Waals surface area contributed by atoms with Gasteiger partial charge in [0.1, 0.15) is 0 Å². The van der Waals surface area contributed by atoms with Gasteiger partial charge in [-0.3, -0.25) is 14.9 Å². The Morgan fingerprint density at radius 1 is 1.03 bits per heavy atom. The fraction of sp³-hybridized carbons (Fsp3) is 0.304. The zero-order valence-corrected chi connectivity index (χ0v) is 17.6. The Hall–Kier alpha value is -3.13. The molecule has 1 fully saturated rings. The Morgan fingerprint density at radius 2 is 1.81 bits per heavy atom. The van der Waals surface area contributed by atoms with Crippen molar-refractivity contribution in [1.82, 2.24) is 4.90 Å². The number of thioether (sulfide) groups is 1. The van der Waals surface area contributed by atoms with E-state index in [4.69, 9.17) is 0 Å². The normalized spacial score (nSPS) is 23.1. The lowest BCUT2D eigenvalue weighted by atomic mass is 9.86. The summed E-state index contributed by atoms with van der Waals surface area (Å²) in [6.45, 7) is 0.214. The van der Waals surface area contributed by atoms with Gasteiger partial charge in [-0.25, -0.2) is 9.69 Å². The molecule has 0 bridgehead atoms. The molecule has 8 heteroatoms. The summed E-state index contributed by atoms with van der Waals surface area (Å²) in [5.74, 6) is -0.534. The van der Waals surface area contributed by atoms with Crippen molar-refractivity contribution >= 4 is 35.1 Å². The highest BCUT2D eigenvalue weighted by Crippen LogP contribution is 2.52. The van der Waals surface area contributed by atoms with E-state index < -0.39 is 4.92 Å². The minimum absolute atomic E-state index is 0.00834. The van der Waals surface area contributed by atoms with Crippen LogP contribution in [-0.4, -0.2) is 27.1 Å². The lowest BCUT2D eigenvalue weighted by molar-refractivity contribution is -0.384. The number of urea groups is 1. The monoisotopic (exact) mass is 435 g/mol. The van der Waals surface area contributed by atoms with Crippen LogP contribution < -0.4 is 4.90 Å². The van der Waals surface area contributed by atoms with E-state index in [1.807, 2.05) is 18.2 Å². The highest BCUT2D eigenvalue weighted by Gasteiger charge is 2.52. The summed E-state index contributed by atoms with van der Waals surface area (Å²) in [5.41, 5.74) is 2.39.